The highest BCUT2D eigenvalue weighted by Gasteiger charge is 2.42. The SMILES string of the molecule is Cc1ccc(N(C)CC2(CBr)CC2)c(C)c1. The van der Waals surface area contributed by atoms with Gasteiger partial charge in [0.25, 0.3) is 0 Å². The maximum atomic E-state index is 3.64. The monoisotopic (exact) mass is 281 g/mol. The fraction of sp³-hybridized carbons (Fsp3) is 0.571. The Hall–Kier alpha value is -0.500. The normalized spacial score (nSPS) is 17.2. The summed E-state index contributed by atoms with van der Waals surface area (Å²) < 4.78 is 0. The van der Waals surface area contributed by atoms with E-state index in [-0.39, 0.29) is 0 Å². The van der Waals surface area contributed by atoms with Gasteiger partial charge < -0.3 is 4.90 Å². The van der Waals surface area contributed by atoms with Gasteiger partial charge in [-0.2, -0.15) is 0 Å². The molecule has 1 aromatic carbocycles. The van der Waals surface area contributed by atoms with E-state index in [0.717, 1.165) is 5.33 Å². The summed E-state index contributed by atoms with van der Waals surface area (Å²) in [6.45, 7) is 5.52. The number of benzene rings is 1. The van der Waals surface area contributed by atoms with Crippen LogP contribution in [0.25, 0.3) is 0 Å². The fourth-order valence-electron chi connectivity index (χ4n) is 2.33. The summed E-state index contributed by atoms with van der Waals surface area (Å²) in [4.78, 5) is 2.41. The average Bonchev–Trinajstić information content (AvgIpc) is 2.98. The van der Waals surface area contributed by atoms with E-state index in [4.69, 9.17) is 0 Å². The predicted molar refractivity (Wildman–Crippen MR) is 74.6 cm³/mol. The second-order valence-corrected chi connectivity index (χ2v) is 5.84. The zero-order valence-corrected chi connectivity index (χ0v) is 12.0. The number of halogens is 1. The smallest absolute Gasteiger partial charge is 0.0393 e. The summed E-state index contributed by atoms with van der Waals surface area (Å²) in [6.07, 6.45) is 2.74. The van der Waals surface area contributed by atoms with Gasteiger partial charge in [0.05, 0.1) is 0 Å². The van der Waals surface area contributed by atoms with Gasteiger partial charge in [-0.25, -0.2) is 0 Å². The molecular formula is C14H20BrN. The van der Waals surface area contributed by atoms with E-state index in [0.29, 0.717) is 5.41 Å². The van der Waals surface area contributed by atoms with E-state index in [1.807, 2.05) is 0 Å². The molecule has 0 atom stereocenters. The summed E-state index contributed by atoms with van der Waals surface area (Å²) in [6, 6.07) is 6.71. The van der Waals surface area contributed by atoms with Crippen molar-refractivity contribution in [3.8, 4) is 0 Å². The van der Waals surface area contributed by atoms with Crippen LogP contribution in [-0.4, -0.2) is 18.9 Å². The number of nitrogens with zero attached hydrogens (tertiary/aromatic N) is 1. The van der Waals surface area contributed by atoms with E-state index >= 15 is 0 Å². The molecule has 0 heterocycles. The van der Waals surface area contributed by atoms with Crippen LogP contribution in [0.15, 0.2) is 18.2 Å². The lowest BCUT2D eigenvalue weighted by Crippen LogP contribution is -2.27. The Morgan fingerprint density at radius 2 is 2.00 bits per heavy atom. The van der Waals surface area contributed by atoms with Crippen molar-refractivity contribution >= 4 is 21.6 Å². The van der Waals surface area contributed by atoms with Gasteiger partial charge in [0.2, 0.25) is 0 Å². The number of aryl methyl sites for hydroxylation is 2. The molecule has 0 bridgehead atoms. The van der Waals surface area contributed by atoms with Crippen molar-refractivity contribution in [2.24, 2.45) is 5.41 Å². The van der Waals surface area contributed by atoms with Crippen LogP contribution in [0.5, 0.6) is 0 Å². The zero-order valence-electron chi connectivity index (χ0n) is 10.4. The molecule has 1 aliphatic carbocycles. The van der Waals surface area contributed by atoms with Crippen molar-refractivity contribution < 1.29 is 0 Å². The maximum absolute atomic E-state index is 3.64. The van der Waals surface area contributed by atoms with Crippen LogP contribution < -0.4 is 4.90 Å². The minimum Gasteiger partial charge on any atom is -0.374 e. The molecule has 0 unspecified atom stereocenters. The average molecular weight is 282 g/mol. The predicted octanol–water partition coefficient (Wildman–Crippen LogP) is 3.91. The molecule has 0 aromatic heterocycles. The van der Waals surface area contributed by atoms with Gasteiger partial charge in [0.1, 0.15) is 0 Å². The third-order valence-electron chi connectivity index (χ3n) is 3.58. The minimum atomic E-state index is 0.548. The molecule has 16 heavy (non-hydrogen) atoms. The summed E-state index contributed by atoms with van der Waals surface area (Å²) in [5.74, 6) is 0. The van der Waals surface area contributed by atoms with Gasteiger partial charge in [0.15, 0.2) is 0 Å². The molecule has 0 saturated heterocycles. The molecule has 0 N–H and O–H groups in total. The third kappa shape index (κ3) is 2.42. The molecule has 0 spiro atoms. The first kappa shape index (κ1) is 12.0. The molecule has 0 radical (unpaired) electrons. The van der Waals surface area contributed by atoms with Crippen LogP contribution in [0, 0.1) is 19.3 Å². The lowest BCUT2D eigenvalue weighted by molar-refractivity contribution is 0.583. The molecule has 1 aliphatic rings. The summed E-state index contributed by atoms with van der Waals surface area (Å²) >= 11 is 3.64. The molecule has 1 aromatic rings. The molecule has 0 aliphatic heterocycles. The molecule has 88 valence electrons. The molecule has 0 amide bonds. The van der Waals surface area contributed by atoms with E-state index < -0.39 is 0 Å². The molecule has 2 heteroatoms. The molecular weight excluding hydrogens is 262 g/mol. The Morgan fingerprint density at radius 1 is 1.31 bits per heavy atom. The summed E-state index contributed by atoms with van der Waals surface area (Å²) in [5, 5.41) is 1.13. The van der Waals surface area contributed by atoms with Crippen molar-refractivity contribution in [3.63, 3.8) is 0 Å². The van der Waals surface area contributed by atoms with Gasteiger partial charge in [-0.05, 0) is 43.7 Å². The van der Waals surface area contributed by atoms with E-state index in [1.54, 1.807) is 0 Å². The molecule has 1 fully saturated rings. The number of anilines is 1. The third-order valence-corrected chi connectivity index (χ3v) is 4.77. The lowest BCUT2D eigenvalue weighted by atomic mass is 10.1. The Labute approximate surface area is 107 Å². The van der Waals surface area contributed by atoms with E-state index in [9.17, 15) is 0 Å². The van der Waals surface area contributed by atoms with Crippen LogP contribution in [0.3, 0.4) is 0 Å². The van der Waals surface area contributed by atoms with Crippen molar-refractivity contribution in [3.05, 3.63) is 29.3 Å². The Kier molecular flexibility index (Phi) is 3.29. The number of alkyl halides is 1. The summed E-state index contributed by atoms with van der Waals surface area (Å²) in [5.41, 5.74) is 4.65. The maximum Gasteiger partial charge on any atom is 0.0393 e. The van der Waals surface area contributed by atoms with Crippen LogP contribution >= 0.6 is 15.9 Å². The van der Waals surface area contributed by atoms with Gasteiger partial charge in [-0.1, -0.05) is 33.6 Å². The van der Waals surface area contributed by atoms with E-state index in [1.165, 1.54) is 36.2 Å². The number of hydrogen-bond donors (Lipinski definition) is 0. The van der Waals surface area contributed by atoms with Crippen molar-refractivity contribution in [1.29, 1.82) is 0 Å². The first-order valence-electron chi connectivity index (χ1n) is 5.91. The second kappa shape index (κ2) is 4.40. The van der Waals surface area contributed by atoms with Gasteiger partial charge >= 0.3 is 0 Å². The highest BCUT2D eigenvalue weighted by Crippen LogP contribution is 2.48. The minimum absolute atomic E-state index is 0.548. The van der Waals surface area contributed by atoms with E-state index in [2.05, 4.69) is 59.9 Å². The molecule has 1 saturated carbocycles. The Balaban J connectivity index is 2.11. The highest BCUT2D eigenvalue weighted by atomic mass is 79.9. The van der Waals surface area contributed by atoms with Crippen LogP contribution in [0.1, 0.15) is 24.0 Å². The number of hydrogen-bond acceptors (Lipinski definition) is 1. The Morgan fingerprint density at radius 3 is 2.50 bits per heavy atom. The van der Waals surface area contributed by atoms with Gasteiger partial charge in [-0.15, -0.1) is 0 Å². The number of rotatable bonds is 4. The first-order valence-corrected chi connectivity index (χ1v) is 7.03. The largest absolute Gasteiger partial charge is 0.374 e. The van der Waals surface area contributed by atoms with Gasteiger partial charge in [0, 0.05) is 24.6 Å². The first-order chi connectivity index (χ1) is 7.56. The van der Waals surface area contributed by atoms with Crippen LogP contribution in [-0.2, 0) is 0 Å². The van der Waals surface area contributed by atoms with Gasteiger partial charge in [-0.3, -0.25) is 0 Å². The second-order valence-electron chi connectivity index (χ2n) is 5.28. The Bertz CT molecular complexity index is 382. The standard InChI is InChI=1S/C14H20BrN/c1-11-4-5-13(12(2)8-11)16(3)10-14(9-15)6-7-14/h4-5,8H,6-7,9-10H2,1-3H3. The quantitative estimate of drug-likeness (QED) is 0.757. The summed E-state index contributed by atoms with van der Waals surface area (Å²) in [7, 11) is 2.21. The van der Waals surface area contributed by atoms with Crippen molar-refractivity contribution in [2.45, 2.75) is 26.7 Å². The van der Waals surface area contributed by atoms with Crippen LogP contribution in [0.4, 0.5) is 5.69 Å². The lowest BCUT2D eigenvalue weighted by Gasteiger charge is -2.26. The van der Waals surface area contributed by atoms with Crippen molar-refractivity contribution in [1.82, 2.24) is 0 Å². The van der Waals surface area contributed by atoms with Crippen molar-refractivity contribution in [2.75, 3.05) is 23.8 Å². The van der Waals surface area contributed by atoms with Crippen LogP contribution in [0.2, 0.25) is 0 Å². The zero-order chi connectivity index (χ0) is 11.8. The fourth-order valence-corrected chi connectivity index (χ4v) is 3.07. The molecule has 1 nitrogen and oxygen atoms in total. The highest BCUT2D eigenvalue weighted by molar-refractivity contribution is 9.09. The molecule has 2 rings (SSSR count). The topological polar surface area (TPSA) is 3.24 Å².